The number of hydrogen-bond donors (Lipinski definition) is 1. The standard InChI is InChI=1S/C17H23N5OS/c1-20(15-5-3-2-4-6-15)9-7-18-16(23)21-10-12-22(13-11-21)17-19-8-14-24-17/h2-6,8,14H,7,9-13H2,1H3,(H,18,23). The molecule has 24 heavy (non-hydrogen) atoms. The molecule has 2 heterocycles. The molecule has 6 nitrogen and oxygen atoms in total. The average Bonchev–Trinajstić information content (AvgIpc) is 3.17. The van der Waals surface area contributed by atoms with E-state index in [1.807, 2.05) is 41.7 Å². The molecule has 1 fully saturated rings. The number of piperazine rings is 1. The number of nitrogens with one attached hydrogen (secondary N) is 1. The van der Waals surface area contributed by atoms with E-state index >= 15 is 0 Å². The van der Waals surface area contributed by atoms with Crippen LogP contribution >= 0.6 is 11.3 Å². The molecule has 0 aliphatic carbocycles. The summed E-state index contributed by atoms with van der Waals surface area (Å²) in [6, 6.07) is 10.2. The molecule has 2 amide bonds. The minimum atomic E-state index is 0.0234. The third-order valence-corrected chi connectivity index (χ3v) is 5.01. The number of thiazole rings is 1. The lowest BCUT2D eigenvalue weighted by Crippen LogP contribution is -2.52. The predicted octanol–water partition coefficient (Wildman–Crippen LogP) is 2.11. The van der Waals surface area contributed by atoms with Crippen LogP contribution in [-0.4, -0.2) is 62.2 Å². The second-order valence-electron chi connectivity index (χ2n) is 5.78. The number of para-hydroxylation sites is 1. The van der Waals surface area contributed by atoms with Gasteiger partial charge in [0.25, 0.3) is 0 Å². The van der Waals surface area contributed by atoms with Gasteiger partial charge in [-0.05, 0) is 12.1 Å². The Morgan fingerprint density at radius 2 is 2.00 bits per heavy atom. The molecule has 3 rings (SSSR count). The highest BCUT2D eigenvalue weighted by Crippen LogP contribution is 2.18. The topological polar surface area (TPSA) is 51.7 Å². The molecule has 1 N–H and O–H groups in total. The van der Waals surface area contributed by atoms with Crippen LogP contribution in [0.4, 0.5) is 15.6 Å². The van der Waals surface area contributed by atoms with E-state index in [0.717, 1.165) is 43.5 Å². The fraction of sp³-hybridized carbons (Fsp3) is 0.412. The zero-order valence-corrected chi connectivity index (χ0v) is 14.7. The normalized spacial score (nSPS) is 14.5. The van der Waals surface area contributed by atoms with Gasteiger partial charge in [0.05, 0.1) is 0 Å². The number of urea groups is 1. The summed E-state index contributed by atoms with van der Waals surface area (Å²) in [6.45, 7) is 4.57. The van der Waals surface area contributed by atoms with E-state index in [9.17, 15) is 4.79 Å². The lowest BCUT2D eigenvalue weighted by molar-refractivity contribution is 0.194. The van der Waals surface area contributed by atoms with Crippen molar-refractivity contribution in [1.29, 1.82) is 0 Å². The van der Waals surface area contributed by atoms with Crippen LogP contribution in [0, 0.1) is 0 Å². The molecule has 0 unspecified atom stereocenters. The highest BCUT2D eigenvalue weighted by Gasteiger charge is 2.22. The third-order valence-electron chi connectivity index (χ3n) is 4.18. The van der Waals surface area contributed by atoms with Gasteiger partial charge in [0, 0.05) is 63.6 Å². The number of benzene rings is 1. The number of anilines is 2. The van der Waals surface area contributed by atoms with Crippen molar-refractivity contribution in [2.75, 3.05) is 56.1 Å². The van der Waals surface area contributed by atoms with Crippen molar-refractivity contribution in [2.24, 2.45) is 0 Å². The number of rotatable bonds is 5. The first-order valence-electron chi connectivity index (χ1n) is 8.17. The molecular formula is C17H23N5OS. The summed E-state index contributed by atoms with van der Waals surface area (Å²) in [5, 5.41) is 6.04. The van der Waals surface area contributed by atoms with Gasteiger partial charge in [-0.25, -0.2) is 9.78 Å². The van der Waals surface area contributed by atoms with E-state index < -0.39 is 0 Å². The predicted molar refractivity (Wildman–Crippen MR) is 99.0 cm³/mol. The number of carbonyl (C=O) groups is 1. The molecule has 1 aliphatic heterocycles. The highest BCUT2D eigenvalue weighted by atomic mass is 32.1. The molecule has 0 bridgehead atoms. The largest absolute Gasteiger partial charge is 0.373 e. The summed E-state index contributed by atoms with van der Waals surface area (Å²) < 4.78 is 0. The maximum Gasteiger partial charge on any atom is 0.317 e. The first kappa shape index (κ1) is 16.6. The Morgan fingerprint density at radius 1 is 1.25 bits per heavy atom. The van der Waals surface area contributed by atoms with Crippen LogP contribution < -0.4 is 15.1 Å². The van der Waals surface area contributed by atoms with E-state index in [2.05, 4.69) is 32.2 Å². The van der Waals surface area contributed by atoms with Gasteiger partial charge in [-0.15, -0.1) is 11.3 Å². The number of aromatic nitrogens is 1. The van der Waals surface area contributed by atoms with Crippen molar-refractivity contribution >= 4 is 28.2 Å². The first-order chi connectivity index (χ1) is 11.7. The van der Waals surface area contributed by atoms with Crippen molar-refractivity contribution in [1.82, 2.24) is 15.2 Å². The minimum Gasteiger partial charge on any atom is -0.373 e. The summed E-state index contributed by atoms with van der Waals surface area (Å²) in [6.07, 6.45) is 1.82. The number of amides is 2. The van der Waals surface area contributed by atoms with Gasteiger partial charge in [0.1, 0.15) is 0 Å². The Kier molecular flexibility index (Phi) is 5.53. The lowest BCUT2D eigenvalue weighted by Gasteiger charge is -2.34. The van der Waals surface area contributed by atoms with Gasteiger partial charge < -0.3 is 20.0 Å². The molecule has 0 atom stereocenters. The lowest BCUT2D eigenvalue weighted by atomic mass is 10.3. The van der Waals surface area contributed by atoms with E-state index in [-0.39, 0.29) is 6.03 Å². The van der Waals surface area contributed by atoms with Crippen LogP contribution in [0.3, 0.4) is 0 Å². The van der Waals surface area contributed by atoms with E-state index in [4.69, 9.17) is 0 Å². The second-order valence-corrected chi connectivity index (χ2v) is 6.65. The fourth-order valence-corrected chi connectivity index (χ4v) is 3.42. The van der Waals surface area contributed by atoms with Crippen LogP contribution in [-0.2, 0) is 0 Å². The molecule has 0 saturated carbocycles. The monoisotopic (exact) mass is 345 g/mol. The van der Waals surface area contributed by atoms with Crippen LogP contribution in [0.2, 0.25) is 0 Å². The molecule has 1 aromatic heterocycles. The van der Waals surface area contributed by atoms with Crippen molar-refractivity contribution in [3.63, 3.8) is 0 Å². The quantitative estimate of drug-likeness (QED) is 0.902. The first-order valence-corrected chi connectivity index (χ1v) is 9.05. The molecule has 7 heteroatoms. The van der Waals surface area contributed by atoms with E-state index in [1.54, 1.807) is 11.3 Å². The maximum absolute atomic E-state index is 12.3. The van der Waals surface area contributed by atoms with Gasteiger partial charge in [-0.2, -0.15) is 0 Å². The van der Waals surface area contributed by atoms with Gasteiger partial charge >= 0.3 is 6.03 Å². The summed E-state index contributed by atoms with van der Waals surface area (Å²) in [5.74, 6) is 0. The molecule has 0 radical (unpaired) electrons. The molecule has 1 saturated heterocycles. The maximum atomic E-state index is 12.3. The minimum absolute atomic E-state index is 0.0234. The Hall–Kier alpha value is -2.28. The van der Waals surface area contributed by atoms with E-state index in [0.29, 0.717) is 6.54 Å². The third kappa shape index (κ3) is 4.17. The van der Waals surface area contributed by atoms with Crippen LogP contribution in [0.25, 0.3) is 0 Å². The SMILES string of the molecule is CN(CCNC(=O)N1CCN(c2nccs2)CC1)c1ccccc1. The average molecular weight is 345 g/mol. The van der Waals surface area contributed by atoms with Gasteiger partial charge in [-0.3, -0.25) is 0 Å². The van der Waals surface area contributed by atoms with Crippen molar-refractivity contribution in [3.05, 3.63) is 41.9 Å². The van der Waals surface area contributed by atoms with Gasteiger partial charge in [0.15, 0.2) is 5.13 Å². The number of hydrogen-bond acceptors (Lipinski definition) is 5. The molecule has 1 aromatic carbocycles. The Bertz CT molecular complexity index is 626. The summed E-state index contributed by atoms with van der Waals surface area (Å²) in [5.41, 5.74) is 1.16. The van der Waals surface area contributed by atoms with Gasteiger partial charge in [0.2, 0.25) is 0 Å². The number of carbonyl (C=O) groups excluding carboxylic acids is 1. The Balaban J connectivity index is 1.38. The van der Waals surface area contributed by atoms with Crippen LogP contribution in [0.1, 0.15) is 0 Å². The second kappa shape index (κ2) is 8.01. The number of nitrogens with zero attached hydrogens (tertiary/aromatic N) is 4. The van der Waals surface area contributed by atoms with Crippen molar-refractivity contribution in [3.8, 4) is 0 Å². The molecular weight excluding hydrogens is 322 g/mol. The zero-order valence-electron chi connectivity index (χ0n) is 13.9. The van der Waals surface area contributed by atoms with Gasteiger partial charge in [-0.1, -0.05) is 18.2 Å². The zero-order chi connectivity index (χ0) is 16.8. The van der Waals surface area contributed by atoms with Crippen molar-refractivity contribution in [2.45, 2.75) is 0 Å². The molecule has 2 aromatic rings. The smallest absolute Gasteiger partial charge is 0.317 e. The number of likely N-dealkylation sites (N-methyl/N-ethyl adjacent to an activating group) is 1. The molecule has 0 spiro atoms. The van der Waals surface area contributed by atoms with Crippen LogP contribution in [0.15, 0.2) is 41.9 Å². The Labute approximate surface area is 146 Å². The summed E-state index contributed by atoms with van der Waals surface area (Å²) >= 11 is 1.64. The fourth-order valence-electron chi connectivity index (χ4n) is 2.73. The summed E-state index contributed by atoms with van der Waals surface area (Å²) in [4.78, 5) is 22.9. The molecule has 128 valence electrons. The van der Waals surface area contributed by atoms with Crippen molar-refractivity contribution < 1.29 is 4.79 Å². The molecule has 1 aliphatic rings. The summed E-state index contributed by atoms with van der Waals surface area (Å²) in [7, 11) is 2.04. The highest BCUT2D eigenvalue weighted by molar-refractivity contribution is 7.13. The van der Waals surface area contributed by atoms with Crippen LogP contribution in [0.5, 0.6) is 0 Å². The Morgan fingerprint density at radius 3 is 2.67 bits per heavy atom. The van der Waals surface area contributed by atoms with E-state index in [1.165, 1.54) is 0 Å².